The molecule has 2 rings (SSSR count). The Hall–Kier alpha value is -2.48. The summed E-state index contributed by atoms with van der Waals surface area (Å²) in [6.07, 6.45) is 12.5. The van der Waals surface area contributed by atoms with Crippen LogP contribution in [0.4, 0.5) is 8.78 Å². The molecule has 1 aliphatic carbocycles. The molecule has 0 N–H and O–H groups in total. The molecule has 1 fully saturated rings. The quantitative estimate of drug-likeness (QED) is 0.409. The van der Waals surface area contributed by atoms with Gasteiger partial charge in [-0.25, -0.2) is 13.6 Å². The van der Waals surface area contributed by atoms with E-state index in [2.05, 4.69) is 0 Å². The monoisotopic (exact) mass is 345 g/mol. The molecule has 0 amide bonds. The van der Waals surface area contributed by atoms with Gasteiger partial charge in [0.2, 0.25) is 0 Å². The lowest BCUT2D eigenvalue weighted by Crippen LogP contribution is -2.24. The van der Waals surface area contributed by atoms with Gasteiger partial charge in [-0.1, -0.05) is 18.2 Å². The van der Waals surface area contributed by atoms with Crippen LogP contribution in [0, 0.1) is 28.9 Å². The standard InChI is InChI=1S/C20H21F2NO2/c21-18-12-9-16(14-19(18)22)20(24)25-17-10-7-15(8-11-17)6-4-2-1-3-5-13-23/h1-3,5,9,12,14-15,17H,4,6-8,10-11H2/b2-1+,5-3?. The van der Waals surface area contributed by atoms with Gasteiger partial charge in [-0.3, -0.25) is 0 Å². The van der Waals surface area contributed by atoms with Crippen molar-refractivity contribution in [3.8, 4) is 6.07 Å². The average molecular weight is 345 g/mol. The largest absolute Gasteiger partial charge is 0.459 e. The van der Waals surface area contributed by atoms with Gasteiger partial charge in [0.05, 0.1) is 11.6 Å². The van der Waals surface area contributed by atoms with Gasteiger partial charge in [-0.05, 0) is 62.6 Å². The van der Waals surface area contributed by atoms with Crippen LogP contribution in [0.25, 0.3) is 0 Å². The maximum absolute atomic E-state index is 13.2. The number of carbonyl (C=O) groups excluding carboxylic acids is 1. The van der Waals surface area contributed by atoms with Gasteiger partial charge in [0.1, 0.15) is 6.10 Å². The van der Waals surface area contributed by atoms with E-state index in [0.29, 0.717) is 5.92 Å². The summed E-state index contributed by atoms with van der Waals surface area (Å²) in [5, 5.41) is 8.37. The van der Waals surface area contributed by atoms with Crippen molar-refractivity contribution in [3.63, 3.8) is 0 Å². The van der Waals surface area contributed by atoms with Gasteiger partial charge in [-0.2, -0.15) is 5.26 Å². The van der Waals surface area contributed by atoms with Gasteiger partial charge >= 0.3 is 5.97 Å². The third kappa shape index (κ3) is 6.15. The highest BCUT2D eigenvalue weighted by molar-refractivity contribution is 5.89. The fourth-order valence-corrected chi connectivity index (χ4v) is 2.99. The molecule has 5 heteroatoms. The molecule has 3 nitrogen and oxygen atoms in total. The Morgan fingerprint density at radius 2 is 1.96 bits per heavy atom. The summed E-state index contributed by atoms with van der Waals surface area (Å²) in [5.74, 6) is -2.03. The molecular formula is C20H21F2NO2. The molecule has 0 spiro atoms. The van der Waals surface area contributed by atoms with Crippen LogP contribution in [0.3, 0.4) is 0 Å². The number of carbonyl (C=O) groups is 1. The molecule has 0 atom stereocenters. The number of rotatable bonds is 6. The lowest BCUT2D eigenvalue weighted by atomic mass is 9.84. The Morgan fingerprint density at radius 1 is 1.20 bits per heavy atom. The van der Waals surface area contributed by atoms with Crippen LogP contribution in [-0.4, -0.2) is 12.1 Å². The number of hydrogen-bond acceptors (Lipinski definition) is 3. The molecule has 0 saturated heterocycles. The van der Waals surface area contributed by atoms with E-state index >= 15 is 0 Å². The first-order chi connectivity index (χ1) is 12.1. The molecule has 1 aromatic carbocycles. The van der Waals surface area contributed by atoms with Crippen LogP contribution in [0.2, 0.25) is 0 Å². The van der Waals surface area contributed by atoms with Crippen molar-refractivity contribution < 1.29 is 18.3 Å². The highest BCUT2D eigenvalue weighted by atomic mass is 19.2. The molecule has 0 unspecified atom stereocenters. The van der Waals surface area contributed by atoms with Crippen LogP contribution >= 0.6 is 0 Å². The van der Waals surface area contributed by atoms with E-state index in [9.17, 15) is 13.6 Å². The van der Waals surface area contributed by atoms with Crippen molar-refractivity contribution in [2.24, 2.45) is 5.92 Å². The number of benzene rings is 1. The number of hydrogen-bond donors (Lipinski definition) is 0. The summed E-state index contributed by atoms with van der Waals surface area (Å²) in [4.78, 5) is 12.0. The van der Waals surface area contributed by atoms with E-state index in [1.165, 1.54) is 12.1 Å². The first kappa shape index (κ1) is 18.9. The van der Waals surface area contributed by atoms with Crippen LogP contribution in [0.1, 0.15) is 48.9 Å². The lowest BCUT2D eigenvalue weighted by Gasteiger charge is -2.28. The molecule has 1 aromatic rings. The Labute approximate surface area is 146 Å². The van der Waals surface area contributed by atoms with Crippen LogP contribution in [0.15, 0.2) is 42.5 Å². The molecule has 25 heavy (non-hydrogen) atoms. The van der Waals surface area contributed by atoms with Gasteiger partial charge in [0.15, 0.2) is 11.6 Å². The second-order valence-corrected chi connectivity index (χ2v) is 6.17. The van der Waals surface area contributed by atoms with Crippen molar-refractivity contribution in [2.45, 2.75) is 44.6 Å². The van der Waals surface area contributed by atoms with Crippen LogP contribution in [0.5, 0.6) is 0 Å². The van der Waals surface area contributed by atoms with Crippen molar-refractivity contribution in [1.82, 2.24) is 0 Å². The minimum Gasteiger partial charge on any atom is -0.459 e. The van der Waals surface area contributed by atoms with Crippen LogP contribution in [-0.2, 0) is 4.74 Å². The molecule has 0 aliphatic heterocycles. The summed E-state index contributed by atoms with van der Waals surface area (Å²) in [7, 11) is 0. The fraction of sp³-hybridized carbons (Fsp3) is 0.400. The zero-order valence-electron chi connectivity index (χ0n) is 14.0. The Bertz CT molecular complexity index is 683. The number of nitriles is 1. The summed E-state index contributed by atoms with van der Waals surface area (Å²) >= 11 is 0. The summed E-state index contributed by atoms with van der Waals surface area (Å²) in [6.45, 7) is 0. The van der Waals surface area contributed by atoms with Crippen molar-refractivity contribution >= 4 is 5.97 Å². The van der Waals surface area contributed by atoms with E-state index in [1.807, 2.05) is 18.2 Å². The Kier molecular flexibility index (Phi) is 7.34. The fourth-order valence-electron chi connectivity index (χ4n) is 2.99. The maximum Gasteiger partial charge on any atom is 0.338 e. The highest BCUT2D eigenvalue weighted by Gasteiger charge is 2.24. The molecular weight excluding hydrogens is 324 g/mol. The van der Waals surface area contributed by atoms with Gasteiger partial charge in [0, 0.05) is 6.08 Å². The lowest BCUT2D eigenvalue weighted by molar-refractivity contribution is 0.0162. The smallest absolute Gasteiger partial charge is 0.338 e. The van der Waals surface area contributed by atoms with Crippen LogP contribution < -0.4 is 0 Å². The second-order valence-electron chi connectivity index (χ2n) is 6.17. The molecule has 1 saturated carbocycles. The predicted molar refractivity (Wildman–Crippen MR) is 90.6 cm³/mol. The van der Waals surface area contributed by atoms with E-state index < -0.39 is 17.6 Å². The first-order valence-corrected chi connectivity index (χ1v) is 8.47. The molecule has 0 bridgehead atoms. The number of ether oxygens (including phenoxy) is 1. The number of nitrogens with zero attached hydrogens (tertiary/aromatic N) is 1. The third-order valence-corrected chi connectivity index (χ3v) is 4.38. The van der Waals surface area contributed by atoms with Crippen molar-refractivity contribution in [1.29, 1.82) is 5.26 Å². The Morgan fingerprint density at radius 3 is 2.64 bits per heavy atom. The minimum atomic E-state index is -1.05. The van der Waals surface area contributed by atoms with E-state index in [4.69, 9.17) is 10.00 Å². The normalized spacial score (nSPS) is 20.7. The van der Waals surface area contributed by atoms with E-state index in [-0.39, 0.29) is 11.7 Å². The minimum absolute atomic E-state index is 0.0385. The molecule has 0 radical (unpaired) electrons. The Balaban J connectivity index is 1.72. The number of esters is 1. The number of halogens is 2. The highest BCUT2D eigenvalue weighted by Crippen LogP contribution is 2.30. The zero-order chi connectivity index (χ0) is 18.1. The SMILES string of the molecule is N#CC=C/C=C/CCC1CCC(OC(=O)c2ccc(F)c(F)c2)CC1. The maximum atomic E-state index is 13.2. The van der Waals surface area contributed by atoms with Crippen molar-refractivity contribution in [3.05, 3.63) is 59.7 Å². The average Bonchev–Trinajstić information content (AvgIpc) is 2.61. The topological polar surface area (TPSA) is 50.1 Å². The zero-order valence-corrected chi connectivity index (χ0v) is 14.0. The van der Waals surface area contributed by atoms with Crippen molar-refractivity contribution in [2.75, 3.05) is 0 Å². The summed E-state index contributed by atoms with van der Waals surface area (Å²) in [6, 6.07) is 4.97. The van der Waals surface area contributed by atoms with Gasteiger partial charge in [-0.15, -0.1) is 0 Å². The number of allylic oxidation sites excluding steroid dienone is 4. The molecule has 0 heterocycles. The van der Waals surface area contributed by atoms with E-state index in [0.717, 1.165) is 50.7 Å². The van der Waals surface area contributed by atoms with E-state index in [1.54, 1.807) is 6.08 Å². The third-order valence-electron chi connectivity index (χ3n) is 4.38. The second kappa shape index (κ2) is 9.73. The summed E-state index contributed by atoms with van der Waals surface area (Å²) < 4.78 is 31.5. The summed E-state index contributed by atoms with van der Waals surface area (Å²) in [5.41, 5.74) is 0.0385. The van der Waals surface area contributed by atoms with Gasteiger partial charge in [0.25, 0.3) is 0 Å². The first-order valence-electron chi connectivity index (χ1n) is 8.47. The molecule has 132 valence electrons. The predicted octanol–water partition coefficient (Wildman–Crippen LogP) is 5.10. The molecule has 1 aliphatic rings. The molecule has 0 aromatic heterocycles. The van der Waals surface area contributed by atoms with Gasteiger partial charge < -0.3 is 4.74 Å².